The smallest absolute Gasteiger partial charge is 0.242 e. The number of likely N-dealkylation sites (N-methyl/N-ethyl adjacent to an activating group) is 1. The molecule has 5 nitrogen and oxygen atoms in total. The molecule has 0 bridgehead atoms. The first kappa shape index (κ1) is 12.6. The third kappa shape index (κ3) is 3.94. The molecular weight excluding hydrogens is 204 g/mol. The maximum Gasteiger partial charge on any atom is 0.242 e. The molecule has 88 valence electrons. The maximum atomic E-state index is 11.8. The van der Waals surface area contributed by atoms with E-state index < -0.39 is 0 Å². The maximum absolute atomic E-state index is 11.8. The second-order valence-electron chi connectivity index (χ2n) is 4.05. The van der Waals surface area contributed by atoms with Gasteiger partial charge in [0.1, 0.15) is 12.1 Å². The molecule has 0 saturated carbocycles. The summed E-state index contributed by atoms with van der Waals surface area (Å²) in [5, 5.41) is 5.74. The summed E-state index contributed by atoms with van der Waals surface area (Å²) in [5.41, 5.74) is 0. The minimum Gasteiger partial charge on any atom is -0.309 e. The molecule has 0 spiro atoms. The van der Waals surface area contributed by atoms with Gasteiger partial charge in [0.05, 0.1) is 6.04 Å². The van der Waals surface area contributed by atoms with Crippen molar-refractivity contribution < 1.29 is 4.79 Å². The minimum atomic E-state index is -0.185. The van der Waals surface area contributed by atoms with Gasteiger partial charge in [0.15, 0.2) is 0 Å². The van der Waals surface area contributed by atoms with Crippen LogP contribution in [0, 0.1) is 5.92 Å². The SMILES string of the molecule is CNC(CC(C)C)C(=O)Nc1ccncn1. The Morgan fingerprint density at radius 2 is 2.25 bits per heavy atom. The van der Waals surface area contributed by atoms with E-state index >= 15 is 0 Å². The molecule has 1 atom stereocenters. The second-order valence-corrected chi connectivity index (χ2v) is 4.05. The molecule has 5 heteroatoms. The Labute approximate surface area is 95.7 Å². The Morgan fingerprint density at radius 1 is 1.50 bits per heavy atom. The van der Waals surface area contributed by atoms with Gasteiger partial charge in [0.2, 0.25) is 5.91 Å². The zero-order chi connectivity index (χ0) is 12.0. The summed E-state index contributed by atoms with van der Waals surface area (Å²) in [6, 6.07) is 1.48. The van der Waals surface area contributed by atoms with Crippen molar-refractivity contribution in [3.05, 3.63) is 18.6 Å². The Bertz CT molecular complexity index is 326. The van der Waals surface area contributed by atoms with Gasteiger partial charge in [0, 0.05) is 6.20 Å². The van der Waals surface area contributed by atoms with Gasteiger partial charge in [-0.25, -0.2) is 9.97 Å². The highest BCUT2D eigenvalue weighted by Gasteiger charge is 2.17. The predicted octanol–water partition coefficient (Wildman–Crippen LogP) is 1.05. The van der Waals surface area contributed by atoms with Crippen LogP contribution in [-0.4, -0.2) is 29.0 Å². The number of carbonyl (C=O) groups excluding carboxylic acids is 1. The first-order valence-corrected chi connectivity index (χ1v) is 5.37. The van der Waals surface area contributed by atoms with Gasteiger partial charge >= 0.3 is 0 Å². The van der Waals surface area contributed by atoms with Crippen LogP contribution in [0.15, 0.2) is 18.6 Å². The summed E-state index contributed by atoms with van der Waals surface area (Å²) in [4.78, 5) is 19.6. The molecule has 0 aliphatic carbocycles. The van der Waals surface area contributed by atoms with E-state index in [9.17, 15) is 4.79 Å². The molecule has 0 saturated heterocycles. The van der Waals surface area contributed by atoms with Crippen molar-refractivity contribution >= 4 is 11.7 Å². The molecule has 1 aromatic rings. The van der Waals surface area contributed by atoms with E-state index in [1.54, 1.807) is 19.3 Å². The van der Waals surface area contributed by atoms with Gasteiger partial charge in [-0.3, -0.25) is 4.79 Å². The Hall–Kier alpha value is -1.49. The van der Waals surface area contributed by atoms with Crippen molar-refractivity contribution in [2.75, 3.05) is 12.4 Å². The number of nitrogens with zero attached hydrogens (tertiary/aromatic N) is 2. The largest absolute Gasteiger partial charge is 0.309 e. The van der Waals surface area contributed by atoms with Crippen LogP contribution in [0.3, 0.4) is 0 Å². The standard InChI is InChI=1S/C11H18N4O/c1-8(2)6-9(12-3)11(16)15-10-4-5-13-7-14-10/h4-5,7-9,12H,6H2,1-3H3,(H,13,14,15,16). The number of hydrogen-bond donors (Lipinski definition) is 2. The number of nitrogens with one attached hydrogen (secondary N) is 2. The lowest BCUT2D eigenvalue weighted by atomic mass is 10.0. The summed E-state index contributed by atoms with van der Waals surface area (Å²) in [5.74, 6) is 0.938. The number of carbonyl (C=O) groups is 1. The topological polar surface area (TPSA) is 66.9 Å². The fourth-order valence-electron chi connectivity index (χ4n) is 1.41. The van der Waals surface area contributed by atoms with Crippen LogP contribution in [0.2, 0.25) is 0 Å². The second kappa shape index (κ2) is 6.17. The molecule has 2 N–H and O–H groups in total. The molecule has 1 heterocycles. The lowest BCUT2D eigenvalue weighted by molar-refractivity contribution is -0.118. The first-order chi connectivity index (χ1) is 7.63. The molecule has 0 aliphatic heterocycles. The Kier molecular flexibility index (Phi) is 4.85. The summed E-state index contributed by atoms with van der Waals surface area (Å²) >= 11 is 0. The van der Waals surface area contributed by atoms with Crippen LogP contribution in [0.25, 0.3) is 0 Å². The number of amides is 1. The molecule has 16 heavy (non-hydrogen) atoms. The molecule has 0 aromatic carbocycles. The Balaban J connectivity index is 2.56. The van der Waals surface area contributed by atoms with Gasteiger partial charge in [-0.05, 0) is 25.5 Å². The van der Waals surface area contributed by atoms with E-state index in [1.807, 2.05) is 0 Å². The summed E-state index contributed by atoms with van der Waals surface area (Å²) < 4.78 is 0. The van der Waals surface area contributed by atoms with Crippen LogP contribution >= 0.6 is 0 Å². The van der Waals surface area contributed by atoms with E-state index in [2.05, 4.69) is 34.4 Å². The normalized spacial score (nSPS) is 12.5. The van der Waals surface area contributed by atoms with Gasteiger partial charge in [-0.2, -0.15) is 0 Å². The zero-order valence-corrected chi connectivity index (χ0v) is 9.90. The van der Waals surface area contributed by atoms with Gasteiger partial charge in [-0.1, -0.05) is 13.8 Å². The van der Waals surface area contributed by atoms with Crippen molar-refractivity contribution in [1.82, 2.24) is 15.3 Å². The van der Waals surface area contributed by atoms with Crippen LogP contribution < -0.4 is 10.6 Å². The van der Waals surface area contributed by atoms with Gasteiger partial charge < -0.3 is 10.6 Å². The fourth-order valence-corrected chi connectivity index (χ4v) is 1.41. The monoisotopic (exact) mass is 222 g/mol. The molecule has 1 aromatic heterocycles. The lowest BCUT2D eigenvalue weighted by Gasteiger charge is -2.17. The van der Waals surface area contributed by atoms with E-state index in [0.717, 1.165) is 6.42 Å². The van der Waals surface area contributed by atoms with E-state index in [1.165, 1.54) is 6.33 Å². The highest BCUT2D eigenvalue weighted by molar-refractivity contribution is 5.93. The summed E-state index contributed by atoms with van der Waals surface area (Å²) in [6.45, 7) is 4.17. The van der Waals surface area contributed by atoms with E-state index in [4.69, 9.17) is 0 Å². The molecule has 1 rings (SSSR count). The number of aromatic nitrogens is 2. The average Bonchev–Trinajstić information content (AvgIpc) is 2.26. The summed E-state index contributed by atoms with van der Waals surface area (Å²) in [7, 11) is 1.78. The van der Waals surface area contributed by atoms with Crippen LogP contribution in [0.4, 0.5) is 5.82 Å². The molecule has 0 radical (unpaired) electrons. The number of anilines is 1. The van der Waals surface area contributed by atoms with Gasteiger partial charge in [-0.15, -0.1) is 0 Å². The lowest BCUT2D eigenvalue weighted by Crippen LogP contribution is -2.39. The van der Waals surface area contributed by atoms with Crippen LogP contribution in [0.1, 0.15) is 20.3 Å². The van der Waals surface area contributed by atoms with Crippen molar-refractivity contribution in [2.24, 2.45) is 5.92 Å². The Morgan fingerprint density at radius 3 is 2.75 bits per heavy atom. The third-order valence-corrected chi connectivity index (χ3v) is 2.21. The van der Waals surface area contributed by atoms with Crippen molar-refractivity contribution in [3.63, 3.8) is 0 Å². The highest BCUT2D eigenvalue weighted by atomic mass is 16.2. The van der Waals surface area contributed by atoms with E-state index in [0.29, 0.717) is 11.7 Å². The first-order valence-electron chi connectivity index (χ1n) is 5.37. The highest BCUT2D eigenvalue weighted by Crippen LogP contribution is 2.07. The molecule has 0 fully saturated rings. The predicted molar refractivity (Wildman–Crippen MR) is 63.0 cm³/mol. The van der Waals surface area contributed by atoms with Crippen LogP contribution in [0.5, 0.6) is 0 Å². The quantitative estimate of drug-likeness (QED) is 0.781. The van der Waals surface area contributed by atoms with Crippen LogP contribution in [-0.2, 0) is 4.79 Å². The van der Waals surface area contributed by atoms with Crippen molar-refractivity contribution in [3.8, 4) is 0 Å². The van der Waals surface area contributed by atoms with E-state index in [-0.39, 0.29) is 11.9 Å². The molecular formula is C11H18N4O. The third-order valence-electron chi connectivity index (χ3n) is 2.21. The number of rotatable bonds is 5. The minimum absolute atomic E-state index is 0.0603. The summed E-state index contributed by atoms with van der Waals surface area (Å²) in [6.07, 6.45) is 3.80. The molecule has 0 aliphatic rings. The van der Waals surface area contributed by atoms with Gasteiger partial charge in [0.25, 0.3) is 0 Å². The number of hydrogen-bond acceptors (Lipinski definition) is 4. The van der Waals surface area contributed by atoms with Crippen molar-refractivity contribution in [2.45, 2.75) is 26.3 Å². The zero-order valence-electron chi connectivity index (χ0n) is 9.90. The fraction of sp³-hybridized carbons (Fsp3) is 0.545. The van der Waals surface area contributed by atoms with Crippen molar-refractivity contribution in [1.29, 1.82) is 0 Å². The average molecular weight is 222 g/mol. The molecule has 1 amide bonds. The molecule has 1 unspecified atom stereocenters.